The van der Waals surface area contributed by atoms with Crippen molar-refractivity contribution in [1.29, 1.82) is 0 Å². The molecule has 1 atom stereocenters. The molecule has 0 spiro atoms. The normalized spacial score (nSPS) is 20.0. The molecule has 190 valence electrons. The Labute approximate surface area is 199 Å². The van der Waals surface area contributed by atoms with Gasteiger partial charge in [-0.1, -0.05) is 32.1 Å². The average Bonchev–Trinajstić information content (AvgIpc) is 3.08. The van der Waals surface area contributed by atoms with Gasteiger partial charge in [-0.05, 0) is 62.6 Å². The number of carbonyl (C=O) groups excluding carboxylic acids is 1. The van der Waals surface area contributed by atoms with Crippen molar-refractivity contribution in [3.05, 3.63) is 23.8 Å². The van der Waals surface area contributed by atoms with Crippen molar-refractivity contribution in [2.45, 2.75) is 82.8 Å². The molecule has 1 aromatic rings. The third-order valence-corrected chi connectivity index (χ3v) is 7.12. The summed E-state index contributed by atoms with van der Waals surface area (Å²) < 4.78 is 41.2. The van der Waals surface area contributed by atoms with Crippen LogP contribution in [-0.2, 0) is 11.0 Å². The number of nitrogens with zero attached hydrogens (tertiary/aromatic N) is 2. The van der Waals surface area contributed by atoms with E-state index in [2.05, 4.69) is 0 Å². The fourth-order valence-corrected chi connectivity index (χ4v) is 5.40. The summed E-state index contributed by atoms with van der Waals surface area (Å²) in [6, 6.07) is 3.97. The summed E-state index contributed by atoms with van der Waals surface area (Å²) in [5.41, 5.74) is -0.802. The lowest BCUT2D eigenvalue weighted by Gasteiger charge is -2.36. The first-order chi connectivity index (χ1) is 16.3. The number of hydrogen-bond acceptors (Lipinski definition) is 3. The van der Waals surface area contributed by atoms with Crippen LogP contribution in [0.1, 0.15) is 76.2 Å². The molecule has 1 heterocycles. The third-order valence-electron chi connectivity index (χ3n) is 7.12. The molecule has 0 bridgehead atoms. The van der Waals surface area contributed by atoms with Gasteiger partial charge in [0, 0.05) is 37.1 Å². The van der Waals surface area contributed by atoms with Crippen LogP contribution in [0.2, 0.25) is 0 Å². The first-order valence-electron chi connectivity index (χ1n) is 12.4. The van der Waals surface area contributed by atoms with Gasteiger partial charge in [0.15, 0.2) is 0 Å². The average molecular weight is 484 g/mol. The molecule has 6 nitrogen and oxygen atoms in total. The maximum Gasteiger partial charge on any atom is 0.418 e. The minimum absolute atomic E-state index is 0.0921. The highest BCUT2D eigenvalue weighted by Crippen LogP contribution is 2.40. The van der Waals surface area contributed by atoms with E-state index in [9.17, 15) is 22.8 Å². The van der Waals surface area contributed by atoms with Crippen LogP contribution in [0.3, 0.4) is 0 Å². The molecule has 2 amide bonds. The topological polar surface area (TPSA) is 72.9 Å². The smallest absolute Gasteiger partial charge is 0.418 e. The van der Waals surface area contributed by atoms with E-state index < -0.39 is 17.8 Å². The summed E-state index contributed by atoms with van der Waals surface area (Å²) in [7, 11) is 0. The van der Waals surface area contributed by atoms with Gasteiger partial charge in [0.2, 0.25) is 6.41 Å². The predicted molar refractivity (Wildman–Crippen MR) is 126 cm³/mol. The predicted octanol–water partition coefficient (Wildman–Crippen LogP) is 6.36. The number of nitrogens with one attached hydrogen (secondary N) is 1. The van der Waals surface area contributed by atoms with Crippen LogP contribution >= 0.6 is 0 Å². The van der Waals surface area contributed by atoms with Gasteiger partial charge in [-0.15, -0.1) is 0 Å². The Balaban J connectivity index is 1.55. The first-order valence-corrected chi connectivity index (χ1v) is 12.4. The molecule has 0 aromatic heterocycles. The Morgan fingerprint density at radius 2 is 1.85 bits per heavy atom. The molecule has 1 aliphatic heterocycles. The van der Waals surface area contributed by atoms with Crippen molar-refractivity contribution in [1.82, 2.24) is 4.90 Å². The van der Waals surface area contributed by atoms with Crippen molar-refractivity contribution < 1.29 is 27.9 Å². The second kappa shape index (κ2) is 12.3. The van der Waals surface area contributed by atoms with Crippen molar-refractivity contribution in [2.75, 3.05) is 29.9 Å². The third kappa shape index (κ3) is 7.53. The number of rotatable bonds is 9. The van der Waals surface area contributed by atoms with Crippen LogP contribution in [-0.4, -0.2) is 48.2 Å². The van der Waals surface area contributed by atoms with E-state index in [0.29, 0.717) is 25.0 Å². The SMILES string of the molecule is O=CN(CCCCC1CCCN(c2ccc(NC(=O)O)cc2C(F)(F)F)C1)C1CCCCCC1. The van der Waals surface area contributed by atoms with Crippen molar-refractivity contribution in [3.8, 4) is 0 Å². The van der Waals surface area contributed by atoms with E-state index in [1.807, 2.05) is 10.2 Å². The van der Waals surface area contributed by atoms with Crippen molar-refractivity contribution in [3.63, 3.8) is 0 Å². The number of anilines is 2. The number of carboxylic acid groups (broad SMARTS) is 1. The molecule has 1 saturated heterocycles. The molecule has 2 aliphatic rings. The minimum atomic E-state index is -4.57. The number of halogens is 3. The van der Waals surface area contributed by atoms with Gasteiger partial charge in [-0.25, -0.2) is 4.79 Å². The molecule has 1 aromatic carbocycles. The summed E-state index contributed by atoms with van der Waals surface area (Å²) in [6.07, 6.45) is 6.62. The van der Waals surface area contributed by atoms with Gasteiger partial charge in [0.1, 0.15) is 0 Å². The Morgan fingerprint density at radius 3 is 2.50 bits per heavy atom. The van der Waals surface area contributed by atoms with E-state index in [4.69, 9.17) is 5.11 Å². The van der Waals surface area contributed by atoms with Crippen LogP contribution < -0.4 is 10.2 Å². The Hall–Kier alpha value is -2.45. The maximum absolute atomic E-state index is 13.7. The molecule has 34 heavy (non-hydrogen) atoms. The number of benzene rings is 1. The van der Waals surface area contributed by atoms with Gasteiger partial charge in [-0.2, -0.15) is 13.2 Å². The van der Waals surface area contributed by atoms with E-state index in [0.717, 1.165) is 64.0 Å². The molecule has 0 radical (unpaired) electrons. The molecule has 1 unspecified atom stereocenters. The fourth-order valence-electron chi connectivity index (χ4n) is 5.40. The molecular formula is C25H36F3N3O3. The number of amides is 2. The van der Waals surface area contributed by atoms with Crippen molar-refractivity contribution in [2.24, 2.45) is 5.92 Å². The van der Waals surface area contributed by atoms with Crippen LogP contribution in [0.15, 0.2) is 18.2 Å². The fraction of sp³-hybridized carbons (Fsp3) is 0.680. The highest BCUT2D eigenvalue weighted by molar-refractivity contribution is 5.83. The molecule has 9 heteroatoms. The highest BCUT2D eigenvalue weighted by Gasteiger charge is 2.36. The lowest BCUT2D eigenvalue weighted by Crippen LogP contribution is -2.37. The quantitative estimate of drug-likeness (QED) is 0.243. The summed E-state index contributed by atoms with van der Waals surface area (Å²) in [4.78, 5) is 26.2. The number of piperidine rings is 1. The van der Waals surface area contributed by atoms with E-state index >= 15 is 0 Å². The van der Waals surface area contributed by atoms with Crippen LogP contribution in [0.25, 0.3) is 0 Å². The second-order valence-corrected chi connectivity index (χ2v) is 9.60. The number of carbonyl (C=O) groups is 2. The molecular weight excluding hydrogens is 447 g/mol. The zero-order valence-corrected chi connectivity index (χ0v) is 19.7. The number of unbranched alkanes of at least 4 members (excludes halogenated alkanes) is 1. The number of hydrogen-bond donors (Lipinski definition) is 2. The van der Waals surface area contributed by atoms with E-state index in [1.165, 1.54) is 37.8 Å². The van der Waals surface area contributed by atoms with Gasteiger partial charge in [0.05, 0.1) is 5.56 Å². The van der Waals surface area contributed by atoms with Crippen LogP contribution in [0, 0.1) is 5.92 Å². The maximum atomic E-state index is 13.7. The highest BCUT2D eigenvalue weighted by atomic mass is 19.4. The molecule has 2 N–H and O–H groups in total. The molecule has 1 aliphatic carbocycles. The Bertz CT molecular complexity index is 810. The molecule has 2 fully saturated rings. The van der Waals surface area contributed by atoms with Gasteiger partial charge in [-0.3, -0.25) is 10.1 Å². The van der Waals surface area contributed by atoms with E-state index in [1.54, 1.807) is 4.90 Å². The first kappa shape index (κ1) is 26.2. The van der Waals surface area contributed by atoms with Gasteiger partial charge >= 0.3 is 12.3 Å². The summed E-state index contributed by atoms with van der Waals surface area (Å²) >= 11 is 0. The largest absolute Gasteiger partial charge is 0.465 e. The standard InChI is InChI=1S/C25H36F3N3O3/c26-25(27,28)22-16-20(29-24(33)34)12-13-23(22)30-15-7-9-19(17-30)8-5-6-14-31(18-32)21-10-3-1-2-4-11-21/h12-13,16,18-19,21,29H,1-11,14-15,17H2,(H,33,34). The minimum Gasteiger partial charge on any atom is -0.465 e. The summed E-state index contributed by atoms with van der Waals surface area (Å²) in [5, 5.41) is 10.8. The van der Waals surface area contributed by atoms with Gasteiger partial charge < -0.3 is 14.9 Å². The lowest BCUT2D eigenvalue weighted by atomic mass is 9.91. The van der Waals surface area contributed by atoms with Crippen molar-refractivity contribution >= 4 is 23.9 Å². The lowest BCUT2D eigenvalue weighted by molar-refractivity contribution is -0.137. The Morgan fingerprint density at radius 1 is 1.12 bits per heavy atom. The second-order valence-electron chi connectivity index (χ2n) is 9.60. The van der Waals surface area contributed by atoms with E-state index in [-0.39, 0.29) is 11.4 Å². The van der Waals surface area contributed by atoms with Gasteiger partial charge in [0.25, 0.3) is 0 Å². The summed E-state index contributed by atoms with van der Waals surface area (Å²) in [5.74, 6) is 0.300. The zero-order chi connectivity index (χ0) is 24.6. The van der Waals surface area contributed by atoms with Crippen LogP contribution in [0.4, 0.5) is 29.3 Å². The monoisotopic (exact) mass is 483 g/mol. The summed E-state index contributed by atoms with van der Waals surface area (Å²) in [6.45, 7) is 1.85. The Kier molecular flexibility index (Phi) is 9.47. The van der Waals surface area contributed by atoms with Crippen LogP contribution in [0.5, 0.6) is 0 Å². The molecule has 1 saturated carbocycles. The number of alkyl halides is 3. The molecule has 3 rings (SSSR count). The zero-order valence-electron chi connectivity index (χ0n) is 19.7.